The Morgan fingerprint density at radius 2 is 1.48 bits per heavy atom. The minimum atomic E-state index is -4.83. The first-order valence-electron chi connectivity index (χ1n) is 9.76. The van der Waals surface area contributed by atoms with Gasteiger partial charge in [0, 0.05) is 31.7 Å². The Kier molecular flexibility index (Phi) is 7.15. The number of amides is 2. The van der Waals surface area contributed by atoms with E-state index >= 15 is 0 Å². The maximum Gasteiger partial charge on any atom is 0.573 e. The van der Waals surface area contributed by atoms with Gasteiger partial charge in [0.25, 0.3) is 5.91 Å². The van der Waals surface area contributed by atoms with E-state index in [0.717, 1.165) is 18.2 Å². The maximum absolute atomic E-state index is 13.1. The lowest BCUT2D eigenvalue weighted by molar-refractivity contribution is -0.274. The highest BCUT2D eigenvalue weighted by Crippen LogP contribution is 2.34. The molecule has 2 aromatic rings. The Morgan fingerprint density at radius 1 is 0.879 bits per heavy atom. The van der Waals surface area contributed by atoms with Crippen LogP contribution < -0.4 is 10.1 Å². The average molecular weight is 475 g/mol. The lowest BCUT2D eigenvalue weighted by Crippen LogP contribution is -2.50. The van der Waals surface area contributed by atoms with Crippen LogP contribution in [0, 0.1) is 0 Å². The molecule has 1 heterocycles. The van der Waals surface area contributed by atoms with Gasteiger partial charge in [0.15, 0.2) is 0 Å². The van der Waals surface area contributed by atoms with Crippen molar-refractivity contribution in [1.29, 1.82) is 0 Å². The van der Waals surface area contributed by atoms with Gasteiger partial charge >= 0.3 is 12.5 Å². The third kappa shape index (κ3) is 6.85. The second-order valence-electron chi connectivity index (χ2n) is 7.23. The molecule has 0 radical (unpaired) electrons. The summed E-state index contributed by atoms with van der Waals surface area (Å²) in [6.45, 7) is 0.931. The lowest BCUT2D eigenvalue weighted by atomic mass is 10.1. The number of benzene rings is 2. The van der Waals surface area contributed by atoms with E-state index in [1.807, 2.05) is 0 Å². The fraction of sp³-hybridized carbons (Fsp3) is 0.333. The largest absolute Gasteiger partial charge is 0.573 e. The van der Waals surface area contributed by atoms with Gasteiger partial charge in [-0.05, 0) is 36.4 Å². The number of rotatable bonds is 5. The van der Waals surface area contributed by atoms with Gasteiger partial charge in [0.1, 0.15) is 5.75 Å². The fourth-order valence-corrected chi connectivity index (χ4v) is 3.32. The molecule has 1 fully saturated rings. The molecule has 0 aliphatic carbocycles. The number of para-hydroxylation sites is 1. The predicted octanol–water partition coefficient (Wildman–Crippen LogP) is 4.00. The van der Waals surface area contributed by atoms with Crippen molar-refractivity contribution in [2.24, 2.45) is 0 Å². The molecule has 1 aliphatic rings. The van der Waals surface area contributed by atoms with Crippen molar-refractivity contribution in [1.82, 2.24) is 9.80 Å². The minimum Gasteiger partial charge on any atom is -0.406 e. The van der Waals surface area contributed by atoms with Gasteiger partial charge in [-0.15, -0.1) is 13.2 Å². The van der Waals surface area contributed by atoms with Gasteiger partial charge in [-0.2, -0.15) is 13.2 Å². The average Bonchev–Trinajstić information content (AvgIpc) is 2.73. The van der Waals surface area contributed by atoms with Crippen LogP contribution >= 0.6 is 0 Å². The van der Waals surface area contributed by atoms with Crippen molar-refractivity contribution in [2.45, 2.75) is 12.5 Å². The van der Waals surface area contributed by atoms with E-state index in [0.29, 0.717) is 13.1 Å². The predicted molar refractivity (Wildman–Crippen MR) is 106 cm³/mol. The van der Waals surface area contributed by atoms with Crippen LogP contribution in [0.3, 0.4) is 0 Å². The van der Waals surface area contributed by atoms with Crippen molar-refractivity contribution in [2.75, 3.05) is 38.0 Å². The van der Waals surface area contributed by atoms with Crippen molar-refractivity contribution in [3.8, 4) is 5.75 Å². The molecule has 6 nitrogen and oxygen atoms in total. The number of anilines is 1. The van der Waals surface area contributed by atoms with Crippen LogP contribution in [0.5, 0.6) is 5.75 Å². The van der Waals surface area contributed by atoms with Crippen LogP contribution in [0.4, 0.5) is 32.0 Å². The molecular weight excluding hydrogens is 456 g/mol. The molecule has 1 N–H and O–H groups in total. The van der Waals surface area contributed by atoms with Gasteiger partial charge in [-0.25, -0.2) is 0 Å². The maximum atomic E-state index is 13.1. The van der Waals surface area contributed by atoms with Gasteiger partial charge in [-0.3, -0.25) is 14.5 Å². The summed E-state index contributed by atoms with van der Waals surface area (Å²) in [7, 11) is 0. The summed E-state index contributed by atoms with van der Waals surface area (Å²) in [6, 6.07) is 9.19. The first kappa shape index (κ1) is 24.4. The van der Waals surface area contributed by atoms with Crippen LogP contribution in [0.2, 0.25) is 0 Å². The van der Waals surface area contributed by atoms with E-state index in [1.165, 1.54) is 35.2 Å². The summed E-state index contributed by atoms with van der Waals surface area (Å²) in [5.41, 5.74) is -1.10. The molecule has 2 aromatic carbocycles. The first-order valence-corrected chi connectivity index (χ1v) is 9.76. The van der Waals surface area contributed by atoms with Crippen LogP contribution in [-0.4, -0.2) is 60.7 Å². The van der Waals surface area contributed by atoms with Gasteiger partial charge in [-0.1, -0.05) is 12.1 Å². The van der Waals surface area contributed by atoms with Crippen LogP contribution in [0.15, 0.2) is 48.5 Å². The van der Waals surface area contributed by atoms with E-state index in [-0.39, 0.29) is 30.9 Å². The van der Waals surface area contributed by atoms with Crippen LogP contribution in [0.25, 0.3) is 0 Å². The summed E-state index contributed by atoms with van der Waals surface area (Å²) in [6.07, 6.45) is -9.43. The van der Waals surface area contributed by atoms with Crippen molar-refractivity contribution < 1.29 is 40.7 Å². The molecule has 178 valence electrons. The van der Waals surface area contributed by atoms with Gasteiger partial charge in [0.2, 0.25) is 5.91 Å². The number of nitrogens with zero attached hydrogens (tertiary/aromatic N) is 2. The molecule has 33 heavy (non-hydrogen) atoms. The smallest absolute Gasteiger partial charge is 0.406 e. The Labute approximate surface area is 184 Å². The Bertz CT molecular complexity index is 984. The SMILES string of the molecule is O=C(CN1CCN(C(=O)c2ccc(OC(F)(F)F)cc2)CC1)Nc1ccccc1C(F)(F)F. The highest BCUT2D eigenvalue weighted by atomic mass is 19.4. The number of piperazine rings is 1. The molecule has 0 aromatic heterocycles. The molecule has 0 unspecified atom stereocenters. The number of halogens is 6. The fourth-order valence-electron chi connectivity index (χ4n) is 3.32. The van der Waals surface area contributed by atoms with E-state index in [4.69, 9.17) is 0 Å². The topological polar surface area (TPSA) is 61.9 Å². The number of nitrogens with one attached hydrogen (secondary N) is 1. The quantitative estimate of drug-likeness (QED) is 0.665. The van der Waals surface area contributed by atoms with Crippen LogP contribution in [0.1, 0.15) is 15.9 Å². The molecular formula is C21H19F6N3O3. The van der Waals surface area contributed by atoms with E-state index in [9.17, 15) is 35.9 Å². The number of hydrogen-bond acceptors (Lipinski definition) is 4. The normalized spacial score (nSPS) is 15.3. The van der Waals surface area contributed by atoms with Crippen molar-refractivity contribution in [3.63, 3.8) is 0 Å². The molecule has 1 saturated heterocycles. The zero-order chi connectivity index (χ0) is 24.2. The number of alkyl halides is 6. The third-order valence-corrected chi connectivity index (χ3v) is 4.87. The highest BCUT2D eigenvalue weighted by Gasteiger charge is 2.34. The standard InChI is InChI=1S/C21H19F6N3O3/c22-20(23,24)16-3-1-2-4-17(16)28-18(31)13-29-9-11-30(12-10-29)19(32)14-5-7-15(8-6-14)33-21(25,26)27/h1-8H,9-13H2,(H,28,31). The van der Waals surface area contributed by atoms with E-state index in [2.05, 4.69) is 10.1 Å². The molecule has 0 spiro atoms. The number of carbonyl (C=O) groups excluding carboxylic acids is 2. The second-order valence-corrected chi connectivity index (χ2v) is 7.23. The highest BCUT2D eigenvalue weighted by molar-refractivity contribution is 5.95. The summed E-state index contributed by atoms with van der Waals surface area (Å²) in [5, 5.41) is 2.27. The summed E-state index contributed by atoms with van der Waals surface area (Å²) in [5.74, 6) is -1.45. The summed E-state index contributed by atoms with van der Waals surface area (Å²) in [4.78, 5) is 28.0. The lowest BCUT2D eigenvalue weighted by Gasteiger charge is -2.34. The van der Waals surface area contributed by atoms with Crippen molar-refractivity contribution >= 4 is 17.5 Å². The molecule has 0 atom stereocenters. The Morgan fingerprint density at radius 3 is 2.06 bits per heavy atom. The van der Waals surface area contributed by atoms with E-state index < -0.39 is 35.7 Å². The monoisotopic (exact) mass is 475 g/mol. The Balaban J connectivity index is 1.51. The van der Waals surface area contributed by atoms with Gasteiger partial charge in [0.05, 0.1) is 17.8 Å². The molecule has 0 bridgehead atoms. The zero-order valence-electron chi connectivity index (χ0n) is 17.0. The second kappa shape index (κ2) is 9.69. The summed E-state index contributed by atoms with van der Waals surface area (Å²) >= 11 is 0. The van der Waals surface area contributed by atoms with Gasteiger partial charge < -0.3 is 15.0 Å². The number of hydrogen-bond donors (Lipinski definition) is 1. The molecule has 0 saturated carbocycles. The molecule has 12 heteroatoms. The zero-order valence-corrected chi connectivity index (χ0v) is 17.0. The first-order chi connectivity index (χ1) is 15.4. The molecule has 2 amide bonds. The third-order valence-electron chi connectivity index (χ3n) is 4.87. The Hall–Kier alpha value is -3.28. The molecule has 1 aliphatic heterocycles. The minimum absolute atomic E-state index is 0.155. The molecule has 3 rings (SSSR count). The van der Waals surface area contributed by atoms with Crippen LogP contribution in [-0.2, 0) is 11.0 Å². The summed E-state index contributed by atoms with van der Waals surface area (Å²) < 4.78 is 79.6. The van der Waals surface area contributed by atoms with E-state index in [1.54, 1.807) is 4.90 Å². The van der Waals surface area contributed by atoms with Crippen molar-refractivity contribution in [3.05, 3.63) is 59.7 Å². The number of ether oxygens (including phenoxy) is 1. The number of carbonyl (C=O) groups is 2.